The summed E-state index contributed by atoms with van der Waals surface area (Å²) in [5, 5.41) is 4.41. The van der Waals surface area contributed by atoms with E-state index in [4.69, 9.17) is 4.74 Å². The smallest absolute Gasteiger partial charge is 0.227 e. The number of carbonyl (C=O) groups excluding carboxylic acids is 1. The molecule has 0 unspecified atom stereocenters. The van der Waals surface area contributed by atoms with Crippen LogP contribution in [-0.4, -0.2) is 45.9 Å². The molecule has 3 rings (SSSR count). The van der Waals surface area contributed by atoms with E-state index in [0.29, 0.717) is 13.0 Å². The van der Waals surface area contributed by atoms with Crippen LogP contribution in [-0.2, 0) is 23.0 Å². The first-order valence-corrected chi connectivity index (χ1v) is 7.98. The topological polar surface area (TPSA) is 47.4 Å². The van der Waals surface area contributed by atoms with Gasteiger partial charge >= 0.3 is 0 Å². The summed E-state index contributed by atoms with van der Waals surface area (Å²) in [6.45, 7) is 5.43. The van der Waals surface area contributed by atoms with Crippen molar-refractivity contribution in [3.05, 3.63) is 17.0 Å². The second-order valence-corrected chi connectivity index (χ2v) is 6.30. The number of aryl methyl sites for hydroxylation is 2. The predicted octanol–water partition coefficient (Wildman–Crippen LogP) is 1.75. The zero-order chi connectivity index (χ0) is 15.0. The molecule has 5 nitrogen and oxygen atoms in total. The molecule has 2 aliphatic rings. The van der Waals surface area contributed by atoms with Gasteiger partial charge in [0.15, 0.2) is 0 Å². The summed E-state index contributed by atoms with van der Waals surface area (Å²) in [4.78, 5) is 14.8. The van der Waals surface area contributed by atoms with Crippen molar-refractivity contribution in [3.63, 3.8) is 0 Å². The number of aromatic nitrogens is 2. The van der Waals surface area contributed by atoms with Gasteiger partial charge in [-0.3, -0.25) is 9.48 Å². The van der Waals surface area contributed by atoms with Crippen molar-refractivity contribution in [3.8, 4) is 0 Å². The molecule has 2 fully saturated rings. The molecule has 1 aromatic rings. The summed E-state index contributed by atoms with van der Waals surface area (Å²) in [5.74, 6) is 0.231. The highest BCUT2D eigenvalue weighted by molar-refractivity contribution is 5.79. The number of fused-ring (bicyclic) bond motifs is 1. The highest BCUT2D eigenvalue weighted by Gasteiger charge is 2.36. The Bertz CT molecular complexity index is 536. The minimum Gasteiger partial charge on any atom is -0.374 e. The molecule has 0 N–H and O–H groups in total. The molecule has 2 heterocycles. The molecule has 1 aliphatic heterocycles. The molecule has 0 bridgehead atoms. The highest BCUT2D eigenvalue weighted by Crippen LogP contribution is 2.29. The van der Waals surface area contributed by atoms with Crippen molar-refractivity contribution in [2.24, 2.45) is 7.05 Å². The van der Waals surface area contributed by atoms with Crippen LogP contribution in [0.5, 0.6) is 0 Å². The number of carbonyl (C=O) groups is 1. The second kappa shape index (κ2) is 5.79. The van der Waals surface area contributed by atoms with E-state index in [1.54, 1.807) is 0 Å². The Labute approximate surface area is 126 Å². The number of rotatable bonds is 2. The molecule has 1 aromatic heterocycles. The lowest BCUT2D eigenvalue weighted by molar-refractivity contribution is -0.148. The fraction of sp³-hybridized carbons (Fsp3) is 0.750. The number of nitrogens with zero attached hydrogens (tertiary/aromatic N) is 3. The molecule has 0 aromatic carbocycles. The molecule has 1 amide bonds. The quantitative estimate of drug-likeness (QED) is 0.834. The van der Waals surface area contributed by atoms with Gasteiger partial charge in [-0.2, -0.15) is 5.10 Å². The first-order valence-electron chi connectivity index (χ1n) is 7.98. The van der Waals surface area contributed by atoms with Gasteiger partial charge in [0.25, 0.3) is 0 Å². The van der Waals surface area contributed by atoms with E-state index in [2.05, 4.69) is 10.00 Å². The molecule has 116 valence electrons. The second-order valence-electron chi connectivity index (χ2n) is 6.30. The van der Waals surface area contributed by atoms with E-state index < -0.39 is 0 Å². The van der Waals surface area contributed by atoms with Gasteiger partial charge in [-0.05, 0) is 26.7 Å². The summed E-state index contributed by atoms with van der Waals surface area (Å²) >= 11 is 0. The van der Waals surface area contributed by atoms with E-state index in [0.717, 1.165) is 36.3 Å². The van der Waals surface area contributed by atoms with Gasteiger partial charge in [-0.25, -0.2) is 0 Å². The number of ether oxygens (including phenoxy) is 1. The van der Waals surface area contributed by atoms with Crippen LogP contribution in [0.25, 0.3) is 0 Å². The van der Waals surface area contributed by atoms with Crippen LogP contribution >= 0.6 is 0 Å². The Hall–Kier alpha value is -1.36. The molecule has 1 aliphatic carbocycles. The number of morpholine rings is 1. The molecule has 0 radical (unpaired) electrons. The van der Waals surface area contributed by atoms with Gasteiger partial charge in [-0.1, -0.05) is 12.8 Å². The minimum absolute atomic E-state index is 0.231. The van der Waals surface area contributed by atoms with Crippen molar-refractivity contribution < 1.29 is 9.53 Å². The van der Waals surface area contributed by atoms with Crippen LogP contribution in [0.4, 0.5) is 0 Å². The largest absolute Gasteiger partial charge is 0.374 e. The first kappa shape index (κ1) is 14.6. The van der Waals surface area contributed by atoms with Gasteiger partial charge in [0.05, 0.1) is 30.9 Å². The molecular formula is C16H25N3O2. The van der Waals surface area contributed by atoms with Crippen molar-refractivity contribution >= 4 is 5.91 Å². The fourth-order valence-corrected chi connectivity index (χ4v) is 3.73. The number of hydrogen-bond donors (Lipinski definition) is 0. The molecule has 1 saturated carbocycles. The monoisotopic (exact) mass is 291 g/mol. The van der Waals surface area contributed by atoms with Crippen LogP contribution in [0, 0.1) is 13.8 Å². The zero-order valence-corrected chi connectivity index (χ0v) is 13.3. The van der Waals surface area contributed by atoms with E-state index in [-0.39, 0.29) is 18.1 Å². The first-order chi connectivity index (χ1) is 10.1. The fourth-order valence-electron chi connectivity index (χ4n) is 3.73. The highest BCUT2D eigenvalue weighted by atomic mass is 16.5. The molecule has 5 heteroatoms. The Morgan fingerprint density at radius 1 is 1.33 bits per heavy atom. The maximum absolute atomic E-state index is 12.8. The summed E-state index contributed by atoms with van der Waals surface area (Å²) < 4.78 is 7.72. The molecule has 21 heavy (non-hydrogen) atoms. The Kier molecular flexibility index (Phi) is 4.02. The number of amides is 1. The summed E-state index contributed by atoms with van der Waals surface area (Å²) in [6, 6.07) is 0.289. The maximum atomic E-state index is 12.8. The predicted molar refractivity (Wildman–Crippen MR) is 80.1 cm³/mol. The average Bonchev–Trinajstić information content (AvgIpc) is 2.73. The lowest BCUT2D eigenvalue weighted by atomic mass is 9.89. The summed E-state index contributed by atoms with van der Waals surface area (Å²) in [5.41, 5.74) is 3.15. The van der Waals surface area contributed by atoms with E-state index in [1.807, 2.05) is 25.6 Å². The third-order valence-corrected chi connectivity index (χ3v) is 5.04. The SMILES string of the molecule is Cc1nn(C)c(C)c1CC(=O)N1CCO[C@H]2CCCC[C@@H]21. The van der Waals surface area contributed by atoms with Gasteiger partial charge in [0.2, 0.25) is 5.91 Å². The maximum Gasteiger partial charge on any atom is 0.227 e. The van der Waals surface area contributed by atoms with Crippen molar-refractivity contribution in [2.45, 2.75) is 58.1 Å². The van der Waals surface area contributed by atoms with E-state index >= 15 is 0 Å². The van der Waals surface area contributed by atoms with Crippen LogP contribution < -0.4 is 0 Å². The minimum atomic E-state index is 0.231. The van der Waals surface area contributed by atoms with Gasteiger partial charge < -0.3 is 9.64 Å². The van der Waals surface area contributed by atoms with Crippen molar-refractivity contribution in [1.29, 1.82) is 0 Å². The third-order valence-electron chi connectivity index (χ3n) is 5.04. The number of hydrogen-bond acceptors (Lipinski definition) is 3. The van der Waals surface area contributed by atoms with Crippen LogP contribution in [0.15, 0.2) is 0 Å². The van der Waals surface area contributed by atoms with Crippen molar-refractivity contribution in [1.82, 2.24) is 14.7 Å². The average molecular weight is 291 g/mol. The Morgan fingerprint density at radius 3 is 2.81 bits per heavy atom. The standard InChI is InChI=1S/C16H25N3O2/c1-11-13(12(2)18(3)17-11)10-16(20)19-8-9-21-15-7-5-4-6-14(15)19/h14-15H,4-10H2,1-3H3/t14-,15-/m0/s1. The van der Waals surface area contributed by atoms with Gasteiger partial charge in [0, 0.05) is 24.8 Å². The normalized spacial score (nSPS) is 25.8. The molecular weight excluding hydrogens is 266 g/mol. The Morgan fingerprint density at radius 2 is 2.10 bits per heavy atom. The lowest BCUT2D eigenvalue weighted by Gasteiger charge is -2.43. The summed E-state index contributed by atoms with van der Waals surface area (Å²) in [7, 11) is 1.93. The zero-order valence-electron chi connectivity index (χ0n) is 13.3. The van der Waals surface area contributed by atoms with Crippen molar-refractivity contribution in [2.75, 3.05) is 13.2 Å². The lowest BCUT2D eigenvalue weighted by Crippen LogP contribution is -2.55. The molecule has 2 atom stereocenters. The van der Waals surface area contributed by atoms with Gasteiger partial charge in [0.1, 0.15) is 0 Å². The van der Waals surface area contributed by atoms with Crippen LogP contribution in [0.1, 0.15) is 42.6 Å². The van der Waals surface area contributed by atoms with Gasteiger partial charge in [-0.15, -0.1) is 0 Å². The van der Waals surface area contributed by atoms with E-state index in [1.165, 1.54) is 12.8 Å². The van der Waals surface area contributed by atoms with Crippen LogP contribution in [0.3, 0.4) is 0 Å². The Balaban J connectivity index is 1.75. The third kappa shape index (κ3) is 2.71. The van der Waals surface area contributed by atoms with Crippen LogP contribution in [0.2, 0.25) is 0 Å². The van der Waals surface area contributed by atoms with E-state index in [9.17, 15) is 4.79 Å². The molecule has 1 saturated heterocycles. The summed E-state index contributed by atoms with van der Waals surface area (Å²) in [6.07, 6.45) is 5.34. The molecule has 0 spiro atoms.